The third-order valence-corrected chi connectivity index (χ3v) is 3.78. The van der Waals surface area contributed by atoms with Gasteiger partial charge < -0.3 is 10.6 Å². The normalized spacial score (nSPS) is 16.9. The topological polar surface area (TPSA) is 102 Å². The number of rotatable bonds is 4. The molecular formula is C15H18ClN5O3. The summed E-state index contributed by atoms with van der Waals surface area (Å²) in [6, 6.07) is 7.76. The highest BCUT2D eigenvalue weighted by Gasteiger charge is 2.18. The Kier molecular flexibility index (Phi) is 5.88. The number of nitrogens with one attached hydrogen (secondary N) is 2. The molecule has 0 spiro atoms. The van der Waals surface area contributed by atoms with Crippen LogP contribution >= 0.6 is 12.4 Å². The minimum absolute atomic E-state index is 0. The molecule has 2 aromatic rings. The standard InChI is InChI=1S/C15H17N5O3.ClH/c21-15(17-11-2-1-8-16-10-11)14-7-9-19(18-14)12-3-5-13(6-4-12)20(22)23;/h3-7,9,11,16H,1-2,8,10H2,(H,17,21);1H/t11-;/m0./s1. The number of aromatic nitrogens is 2. The Balaban J connectivity index is 0.00000208. The van der Waals surface area contributed by atoms with Crippen molar-refractivity contribution in [2.75, 3.05) is 13.1 Å². The van der Waals surface area contributed by atoms with Gasteiger partial charge >= 0.3 is 0 Å². The van der Waals surface area contributed by atoms with Gasteiger partial charge in [0.1, 0.15) is 0 Å². The molecule has 1 fully saturated rings. The maximum atomic E-state index is 12.2. The fraction of sp³-hybridized carbons (Fsp3) is 0.333. The molecule has 1 saturated heterocycles. The van der Waals surface area contributed by atoms with E-state index in [-0.39, 0.29) is 30.0 Å². The number of benzene rings is 1. The first-order chi connectivity index (χ1) is 11.1. The van der Waals surface area contributed by atoms with Gasteiger partial charge in [0, 0.05) is 30.9 Å². The van der Waals surface area contributed by atoms with Gasteiger partial charge in [-0.05, 0) is 37.6 Å². The van der Waals surface area contributed by atoms with E-state index in [2.05, 4.69) is 15.7 Å². The van der Waals surface area contributed by atoms with Crippen molar-refractivity contribution in [1.82, 2.24) is 20.4 Å². The molecular weight excluding hydrogens is 334 g/mol. The van der Waals surface area contributed by atoms with Crippen molar-refractivity contribution in [2.45, 2.75) is 18.9 Å². The van der Waals surface area contributed by atoms with Crippen molar-refractivity contribution in [3.63, 3.8) is 0 Å². The Labute approximate surface area is 144 Å². The number of nitro benzene ring substituents is 1. The van der Waals surface area contributed by atoms with Gasteiger partial charge in [0.05, 0.1) is 10.6 Å². The maximum Gasteiger partial charge on any atom is 0.272 e. The van der Waals surface area contributed by atoms with Gasteiger partial charge in [-0.25, -0.2) is 4.68 Å². The number of carbonyl (C=O) groups excluding carboxylic acids is 1. The minimum atomic E-state index is -0.454. The highest BCUT2D eigenvalue weighted by molar-refractivity contribution is 5.92. The van der Waals surface area contributed by atoms with Crippen LogP contribution in [-0.4, -0.2) is 39.7 Å². The summed E-state index contributed by atoms with van der Waals surface area (Å²) in [6.07, 6.45) is 3.67. The molecule has 128 valence electrons. The van der Waals surface area contributed by atoms with Crippen LogP contribution in [-0.2, 0) is 0 Å². The summed E-state index contributed by atoms with van der Waals surface area (Å²) in [6.45, 7) is 1.76. The molecule has 24 heavy (non-hydrogen) atoms. The van der Waals surface area contributed by atoms with Crippen LogP contribution < -0.4 is 10.6 Å². The molecule has 0 bridgehead atoms. The Hall–Kier alpha value is -2.45. The molecule has 8 nitrogen and oxygen atoms in total. The van der Waals surface area contributed by atoms with Gasteiger partial charge in [-0.2, -0.15) is 5.10 Å². The highest BCUT2D eigenvalue weighted by Crippen LogP contribution is 2.15. The van der Waals surface area contributed by atoms with Crippen molar-refractivity contribution >= 4 is 24.0 Å². The molecule has 3 rings (SSSR count). The molecule has 9 heteroatoms. The van der Waals surface area contributed by atoms with Crippen LogP contribution in [0.15, 0.2) is 36.5 Å². The first-order valence-electron chi connectivity index (χ1n) is 7.45. The number of piperidine rings is 1. The maximum absolute atomic E-state index is 12.2. The zero-order valence-electron chi connectivity index (χ0n) is 12.8. The van der Waals surface area contributed by atoms with E-state index in [1.807, 2.05) is 0 Å². The Morgan fingerprint density at radius 3 is 2.71 bits per heavy atom. The molecule has 1 aliphatic heterocycles. The number of halogens is 1. The molecule has 2 heterocycles. The second-order valence-corrected chi connectivity index (χ2v) is 5.44. The van der Waals surface area contributed by atoms with Crippen molar-refractivity contribution < 1.29 is 9.72 Å². The van der Waals surface area contributed by atoms with Crippen LogP contribution in [0.3, 0.4) is 0 Å². The van der Waals surface area contributed by atoms with E-state index < -0.39 is 4.92 Å². The average molecular weight is 352 g/mol. The lowest BCUT2D eigenvalue weighted by Gasteiger charge is -2.23. The lowest BCUT2D eigenvalue weighted by Crippen LogP contribution is -2.45. The van der Waals surface area contributed by atoms with Crippen molar-refractivity contribution in [1.29, 1.82) is 0 Å². The number of nitro groups is 1. The van der Waals surface area contributed by atoms with E-state index in [0.717, 1.165) is 25.9 Å². The Morgan fingerprint density at radius 1 is 1.33 bits per heavy atom. The fourth-order valence-corrected chi connectivity index (χ4v) is 2.55. The van der Waals surface area contributed by atoms with Gasteiger partial charge in [-0.15, -0.1) is 12.4 Å². The number of hydrogen-bond donors (Lipinski definition) is 2. The van der Waals surface area contributed by atoms with Crippen LogP contribution in [0.5, 0.6) is 0 Å². The summed E-state index contributed by atoms with van der Waals surface area (Å²) in [5, 5.41) is 21.1. The zero-order valence-corrected chi connectivity index (χ0v) is 13.7. The lowest BCUT2D eigenvalue weighted by atomic mass is 10.1. The predicted octanol–water partition coefficient (Wildman–Crippen LogP) is 1.68. The van der Waals surface area contributed by atoms with Crippen LogP contribution in [0.25, 0.3) is 5.69 Å². The molecule has 1 aliphatic rings. The summed E-state index contributed by atoms with van der Waals surface area (Å²) in [5.74, 6) is -0.209. The Bertz CT molecular complexity index is 710. The molecule has 0 radical (unpaired) electrons. The van der Waals surface area contributed by atoms with E-state index >= 15 is 0 Å². The van der Waals surface area contributed by atoms with Gasteiger partial charge in [0.25, 0.3) is 11.6 Å². The molecule has 0 aliphatic carbocycles. The average Bonchev–Trinajstić information content (AvgIpc) is 3.06. The fourth-order valence-electron chi connectivity index (χ4n) is 2.55. The molecule has 1 amide bonds. The first kappa shape index (κ1) is 17.9. The second kappa shape index (κ2) is 7.89. The second-order valence-electron chi connectivity index (χ2n) is 5.44. The smallest absolute Gasteiger partial charge is 0.272 e. The Morgan fingerprint density at radius 2 is 2.08 bits per heavy atom. The zero-order chi connectivity index (χ0) is 16.2. The summed E-state index contributed by atoms with van der Waals surface area (Å²) in [5.41, 5.74) is 1.01. The molecule has 1 atom stereocenters. The van der Waals surface area contributed by atoms with Crippen molar-refractivity contribution in [3.05, 3.63) is 52.3 Å². The van der Waals surface area contributed by atoms with E-state index in [1.54, 1.807) is 24.4 Å². The van der Waals surface area contributed by atoms with Gasteiger partial charge in [-0.3, -0.25) is 14.9 Å². The largest absolute Gasteiger partial charge is 0.347 e. The van der Waals surface area contributed by atoms with Gasteiger partial charge in [0.2, 0.25) is 0 Å². The third-order valence-electron chi connectivity index (χ3n) is 3.78. The summed E-state index contributed by atoms with van der Waals surface area (Å²) in [7, 11) is 0. The SMILES string of the molecule is Cl.O=C(N[C@H]1CCCNC1)c1ccn(-c2ccc([N+](=O)[O-])cc2)n1. The lowest BCUT2D eigenvalue weighted by molar-refractivity contribution is -0.384. The van der Waals surface area contributed by atoms with E-state index in [4.69, 9.17) is 0 Å². The number of non-ortho nitro benzene ring substituents is 1. The van der Waals surface area contributed by atoms with Gasteiger partial charge in [-0.1, -0.05) is 0 Å². The molecule has 1 aromatic carbocycles. The summed E-state index contributed by atoms with van der Waals surface area (Å²) >= 11 is 0. The monoisotopic (exact) mass is 351 g/mol. The number of carbonyl (C=O) groups is 1. The van der Waals surface area contributed by atoms with E-state index in [9.17, 15) is 14.9 Å². The van der Waals surface area contributed by atoms with Crippen LogP contribution in [0.2, 0.25) is 0 Å². The van der Waals surface area contributed by atoms with Crippen LogP contribution in [0.4, 0.5) is 5.69 Å². The molecule has 1 aromatic heterocycles. The van der Waals surface area contributed by atoms with E-state index in [0.29, 0.717) is 11.4 Å². The van der Waals surface area contributed by atoms with Crippen LogP contribution in [0, 0.1) is 10.1 Å². The summed E-state index contributed by atoms with van der Waals surface area (Å²) in [4.78, 5) is 22.4. The van der Waals surface area contributed by atoms with Crippen molar-refractivity contribution in [3.8, 4) is 5.69 Å². The highest BCUT2D eigenvalue weighted by atomic mass is 35.5. The molecule has 0 unspecified atom stereocenters. The number of hydrogen-bond acceptors (Lipinski definition) is 5. The first-order valence-corrected chi connectivity index (χ1v) is 7.45. The number of amides is 1. The summed E-state index contributed by atoms with van der Waals surface area (Å²) < 4.78 is 1.53. The van der Waals surface area contributed by atoms with Crippen molar-refractivity contribution in [2.24, 2.45) is 0 Å². The van der Waals surface area contributed by atoms with Gasteiger partial charge in [0.15, 0.2) is 5.69 Å². The quantitative estimate of drug-likeness (QED) is 0.644. The molecule has 2 N–H and O–H groups in total. The minimum Gasteiger partial charge on any atom is -0.347 e. The van der Waals surface area contributed by atoms with E-state index in [1.165, 1.54) is 16.8 Å². The third kappa shape index (κ3) is 4.09. The number of nitrogens with zero attached hydrogens (tertiary/aromatic N) is 3. The van der Waals surface area contributed by atoms with Crippen LogP contribution in [0.1, 0.15) is 23.3 Å². The molecule has 0 saturated carbocycles. The predicted molar refractivity (Wildman–Crippen MR) is 90.8 cm³/mol.